The van der Waals surface area contributed by atoms with Crippen LogP contribution in [0.25, 0.3) is 0 Å². The third-order valence-corrected chi connectivity index (χ3v) is 3.67. The van der Waals surface area contributed by atoms with E-state index in [-0.39, 0.29) is 29.9 Å². The van der Waals surface area contributed by atoms with Crippen molar-refractivity contribution >= 4 is 11.8 Å². The van der Waals surface area contributed by atoms with Crippen LogP contribution >= 0.6 is 0 Å². The smallest absolute Gasteiger partial charge is 0.237 e. The van der Waals surface area contributed by atoms with Crippen molar-refractivity contribution in [2.24, 2.45) is 0 Å². The van der Waals surface area contributed by atoms with Crippen LogP contribution in [0, 0.1) is 0 Å². The Kier molecular flexibility index (Phi) is 6.99. The maximum Gasteiger partial charge on any atom is 0.237 e. The maximum atomic E-state index is 12.1. The summed E-state index contributed by atoms with van der Waals surface area (Å²) in [6.45, 7) is 7.42. The van der Waals surface area contributed by atoms with Crippen molar-refractivity contribution in [1.82, 2.24) is 16.0 Å². The first kappa shape index (κ1) is 17.0. The van der Waals surface area contributed by atoms with E-state index in [0.717, 1.165) is 12.8 Å². The molecule has 1 rings (SSSR count). The second-order valence-corrected chi connectivity index (χ2v) is 6.12. The molecule has 0 spiro atoms. The summed E-state index contributed by atoms with van der Waals surface area (Å²) < 4.78 is 0. The molecule has 0 aromatic heterocycles. The van der Waals surface area contributed by atoms with Gasteiger partial charge in [-0.25, -0.2) is 0 Å². The van der Waals surface area contributed by atoms with Gasteiger partial charge in [0.05, 0.1) is 12.1 Å². The van der Waals surface area contributed by atoms with Gasteiger partial charge in [0, 0.05) is 12.1 Å². The monoisotopic (exact) mass is 283 g/mol. The molecule has 0 saturated heterocycles. The zero-order valence-corrected chi connectivity index (χ0v) is 13.2. The van der Waals surface area contributed by atoms with Crippen LogP contribution in [0.15, 0.2) is 0 Å². The Bertz CT molecular complexity index is 325. The molecular weight excluding hydrogens is 254 g/mol. The Morgan fingerprint density at radius 3 is 2.00 bits per heavy atom. The van der Waals surface area contributed by atoms with Crippen molar-refractivity contribution in [3.8, 4) is 0 Å². The van der Waals surface area contributed by atoms with Crippen molar-refractivity contribution in [1.29, 1.82) is 0 Å². The van der Waals surface area contributed by atoms with Gasteiger partial charge in [-0.05, 0) is 40.5 Å². The van der Waals surface area contributed by atoms with E-state index in [1.165, 1.54) is 19.3 Å². The molecule has 116 valence electrons. The lowest BCUT2D eigenvalue weighted by atomic mass is 9.95. The Morgan fingerprint density at radius 2 is 1.45 bits per heavy atom. The molecular formula is C15H29N3O2. The van der Waals surface area contributed by atoms with Crippen LogP contribution < -0.4 is 16.0 Å². The van der Waals surface area contributed by atoms with E-state index in [0.29, 0.717) is 6.04 Å². The van der Waals surface area contributed by atoms with Crippen LogP contribution in [0.4, 0.5) is 0 Å². The molecule has 0 heterocycles. The summed E-state index contributed by atoms with van der Waals surface area (Å²) in [6, 6.07) is -0.312. The standard InChI is InChI=1S/C15H29N3O2/c1-10(2)16-14(19)11(3)17-12(4)15(20)18-13-8-6-5-7-9-13/h10-13,17H,5-9H2,1-4H3,(H,16,19)(H,18,20). The maximum absolute atomic E-state index is 12.1. The molecule has 2 amide bonds. The first-order valence-electron chi connectivity index (χ1n) is 7.77. The van der Waals surface area contributed by atoms with E-state index in [1.54, 1.807) is 13.8 Å². The molecule has 0 radical (unpaired) electrons. The SMILES string of the molecule is CC(C)NC(=O)C(C)NC(C)C(=O)NC1CCCCC1. The molecule has 5 nitrogen and oxygen atoms in total. The second-order valence-electron chi connectivity index (χ2n) is 6.12. The van der Waals surface area contributed by atoms with Crippen molar-refractivity contribution in [3.05, 3.63) is 0 Å². The molecule has 0 aliphatic heterocycles. The minimum Gasteiger partial charge on any atom is -0.353 e. The molecule has 0 aromatic rings. The van der Waals surface area contributed by atoms with Crippen molar-refractivity contribution in [2.45, 2.75) is 84.0 Å². The van der Waals surface area contributed by atoms with Crippen LogP contribution in [-0.2, 0) is 9.59 Å². The predicted octanol–water partition coefficient (Wildman–Crippen LogP) is 1.33. The summed E-state index contributed by atoms with van der Waals surface area (Å²) >= 11 is 0. The first-order valence-corrected chi connectivity index (χ1v) is 7.77. The van der Waals surface area contributed by atoms with Crippen molar-refractivity contribution in [2.75, 3.05) is 0 Å². The summed E-state index contributed by atoms with van der Waals surface area (Å²) in [5.41, 5.74) is 0. The Balaban J connectivity index is 2.34. The van der Waals surface area contributed by atoms with Gasteiger partial charge in [0.15, 0.2) is 0 Å². The average molecular weight is 283 g/mol. The molecule has 1 aliphatic rings. The van der Waals surface area contributed by atoms with E-state index < -0.39 is 0 Å². The summed E-state index contributed by atoms with van der Waals surface area (Å²) in [6.07, 6.45) is 5.80. The van der Waals surface area contributed by atoms with Crippen LogP contribution in [0.3, 0.4) is 0 Å². The summed E-state index contributed by atoms with van der Waals surface area (Å²) in [7, 11) is 0. The molecule has 2 atom stereocenters. The largest absolute Gasteiger partial charge is 0.353 e. The highest BCUT2D eigenvalue weighted by molar-refractivity contribution is 5.85. The summed E-state index contributed by atoms with van der Waals surface area (Å²) in [5.74, 6) is -0.0848. The highest BCUT2D eigenvalue weighted by Crippen LogP contribution is 2.17. The van der Waals surface area contributed by atoms with E-state index in [1.807, 2.05) is 13.8 Å². The zero-order chi connectivity index (χ0) is 15.1. The third kappa shape index (κ3) is 5.90. The lowest BCUT2D eigenvalue weighted by molar-refractivity contribution is -0.125. The topological polar surface area (TPSA) is 70.2 Å². The number of carbonyl (C=O) groups is 2. The molecule has 1 saturated carbocycles. The van der Waals surface area contributed by atoms with Gasteiger partial charge in [-0.3, -0.25) is 14.9 Å². The number of amides is 2. The highest BCUT2D eigenvalue weighted by Gasteiger charge is 2.22. The average Bonchev–Trinajstić information content (AvgIpc) is 2.38. The van der Waals surface area contributed by atoms with Crippen LogP contribution in [0.1, 0.15) is 59.8 Å². The minimum absolute atomic E-state index is 0.0129. The van der Waals surface area contributed by atoms with Crippen molar-refractivity contribution < 1.29 is 9.59 Å². The fraction of sp³-hybridized carbons (Fsp3) is 0.867. The highest BCUT2D eigenvalue weighted by atomic mass is 16.2. The van der Waals surface area contributed by atoms with Gasteiger partial charge < -0.3 is 10.6 Å². The Morgan fingerprint density at radius 1 is 0.900 bits per heavy atom. The van der Waals surface area contributed by atoms with Crippen LogP contribution in [0.2, 0.25) is 0 Å². The second kappa shape index (κ2) is 8.25. The lowest BCUT2D eigenvalue weighted by Gasteiger charge is -2.26. The minimum atomic E-state index is -0.371. The van der Waals surface area contributed by atoms with E-state index in [9.17, 15) is 9.59 Å². The normalized spacial score (nSPS) is 19.4. The molecule has 1 aliphatic carbocycles. The van der Waals surface area contributed by atoms with E-state index >= 15 is 0 Å². The number of rotatable bonds is 6. The predicted molar refractivity (Wildman–Crippen MR) is 80.4 cm³/mol. The summed E-state index contributed by atoms with van der Waals surface area (Å²) in [4.78, 5) is 23.9. The van der Waals surface area contributed by atoms with Gasteiger partial charge in [-0.2, -0.15) is 0 Å². The van der Waals surface area contributed by atoms with Gasteiger partial charge in [0.2, 0.25) is 11.8 Å². The molecule has 20 heavy (non-hydrogen) atoms. The molecule has 0 bridgehead atoms. The van der Waals surface area contributed by atoms with Gasteiger partial charge in [-0.1, -0.05) is 19.3 Å². The Labute approximate surface area is 122 Å². The molecule has 0 aromatic carbocycles. The van der Waals surface area contributed by atoms with Gasteiger partial charge in [0.25, 0.3) is 0 Å². The van der Waals surface area contributed by atoms with E-state index in [4.69, 9.17) is 0 Å². The van der Waals surface area contributed by atoms with Gasteiger partial charge >= 0.3 is 0 Å². The number of nitrogens with one attached hydrogen (secondary N) is 3. The number of hydrogen-bond donors (Lipinski definition) is 3. The fourth-order valence-electron chi connectivity index (χ4n) is 2.51. The van der Waals surface area contributed by atoms with Gasteiger partial charge in [-0.15, -0.1) is 0 Å². The van der Waals surface area contributed by atoms with Crippen molar-refractivity contribution in [3.63, 3.8) is 0 Å². The molecule has 3 N–H and O–H groups in total. The van der Waals surface area contributed by atoms with Crippen LogP contribution in [-0.4, -0.2) is 36.0 Å². The van der Waals surface area contributed by atoms with Gasteiger partial charge in [0.1, 0.15) is 0 Å². The van der Waals surface area contributed by atoms with E-state index in [2.05, 4.69) is 16.0 Å². The molecule has 5 heteroatoms. The zero-order valence-electron chi connectivity index (χ0n) is 13.2. The van der Waals surface area contributed by atoms with Crippen LogP contribution in [0.5, 0.6) is 0 Å². The lowest BCUT2D eigenvalue weighted by Crippen LogP contribution is -2.53. The molecule has 2 unspecified atom stereocenters. The Hall–Kier alpha value is -1.10. The summed E-state index contributed by atoms with van der Waals surface area (Å²) in [5, 5.41) is 8.96. The number of hydrogen-bond acceptors (Lipinski definition) is 3. The fourth-order valence-corrected chi connectivity index (χ4v) is 2.51. The quantitative estimate of drug-likeness (QED) is 0.688. The first-order chi connectivity index (χ1) is 9.40. The molecule has 1 fully saturated rings. The number of carbonyl (C=O) groups excluding carboxylic acids is 2. The third-order valence-electron chi connectivity index (χ3n) is 3.67.